The Labute approximate surface area is 219 Å². The monoisotopic (exact) mass is 497 g/mol. The quantitative estimate of drug-likeness (QED) is 0.130. The molecule has 0 saturated carbocycles. The molecule has 10 nitrogen and oxygen atoms in total. The minimum atomic E-state index is -4.88. The molecule has 0 saturated heterocycles. The van der Waals surface area contributed by atoms with Gasteiger partial charge in [-0.25, -0.2) is 8.42 Å². The summed E-state index contributed by atoms with van der Waals surface area (Å²) in [5, 5.41) is 34.6. The molecule has 0 bridgehead atoms. The Morgan fingerprint density at radius 3 is 2.03 bits per heavy atom. The van der Waals surface area contributed by atoms with Crippen LogP contribution >= 0.6 is 0 Å². The van der Waals surface area contributed by atoms with Crippen LogP contribution in [0.3, 0.4) is 0 Å². The second-order valence-electron chi connectivity index (χ2n) is 6.04. The van der Waals surface area contributed by atoms with Crippen molar-refractivity contribution in [3.8, 4) is 0 Å². The van der Waals surface area contributed by atoms with Gasteiger partial charge in [-0.2, -0.15) is 0 Å². The maximum absolute atomic E-state index is 12.4. The summed E-state index contributed by atoms with van der Waals surface area (Å²) in [6.07, 6.45) is 0. The van der Waals surface area contributed by atoms with Crippen molar-refractivity contribution in [2.45, 2.75) is 11.8 Å². The molecule has 0 heterocycles. The van der Waals surface area contributed by atoms with Crippen LogP contribution in [0, 0.1) is 0 Å². The summed E-state index contributed by atoms with van der Waals surface area (Å²) in [5.41, 5.74) is -0.179. The first-order valence-corrected chi connectivity index (χ1v) is 10.7. The van der Waals surface area contributed by atoms with Crippen molar-refractivity contribution in [2.75, 3.05) is 19.5 Å². The molecule has 0 radical (unpaired) electrons. The maximum Gasteiger partial charge on any atom is 1.00 e. The van der Waals surface area contributed by atoms with Crippen molar-refractivity contribution in [1.82, 2.24) is 0 Å². The van der Waals surface area contributed by atoms with Gasteiger partial charge in [0.25, 0.3) is 5.91 Å². The number of carbonyl (C=O) groups excluding carboxylic acids is 1. The fraction of sp³-hybridized carbons (Fsp3) is 0.136. The van der Waals surface area contributed by atoms with Crippen molar-refractivity contribution in [3.63, 3.8) is 0 Å². The number of para-hydroxylation sites is 1. The Kier molecular flexibility index (Phi) is 14.1. The van der Waals surface area contributed by atoms with E-state index in [2.05, 4.69) is 15.5 Å². The van der Waals surface area contributed by atoms with E-state index in [1.807, 2.05) is 0 Å². The van der Waals surface area contributed by atoms with Crippen molar-refractivity contribution < 1.29 is 62.6 Å². The fourth-order valence-corrected chi connectivity index (χ4v) is 3.49. The number of azo groups is 1. The summed E-state index contributed by atoms with van der Waals surface area (Å²) in [6, 6.07) is 17.8. The summed E-state index contributed by atoms with van der Waals surface area (Å²) in [5.74, 6) is -1.17. The van der Waals surface area contributed by atoms with Crippen LogP contribution in [0.5, 0.6) is 0 Å². The van der Waals surface area contributed by atoms with Gasteiger partial charge in [0.2, 0.25) is 0 Å². The molecule has 3 rings (SSSR count). The van der Waals surface area contributed by atoms with E-state index in [0.717, 1.165) is 14.2 Å². The van der Waals surface area contributed by atoms with Crippen LogP contribution in [-0.4, -0.2) is 48.4 Å². The number of nitrogens with one attached hydrogen (secondary N) is 1. The van der Waals surface area contributed by atoms with Gasteiger partial charge in [-0.1, -0.05) is 48.5 Å². The molecular weight excluding hydrogens is 473 g/mol. The number of hydrogen-bond acceptors (Lipinski definition) is 9. The van der Waals surface area contributed by atoms with Gasteiger partial charge in [0.15, 0.2) is 5.70 Å². The van der Waals surface area contributed by atoms with Crippen molar-refractivity contribution in [1.29, 1.82) is 0 Å². The van der Waals surface area contributed by atoms with Crippen LogP contribution in [-0.2, 0) is 14.9 Å². The Bertz CT molecular complexity index is 1240. The molecule has 1 amide bonds. The van der Waals surface area contributed by atoms with Crippen LogP contribution in [0.4, 0.5) is 11.4 Å². The summed E-state index contributed by atoms with van der Waals surface area (Å²) in [7, 11) is -2.88. The largest absolute Gasteiger partial charge is 1.00 e. The molecule has 176 valence electrons. The number of anilines is 1. The SMILES string of the molecule is C/C(O)=C(\N=Nc1ccc2ccccc2c1S(=O)(=O)[O-])C(=O)Nc1ccccc1.CO.CO.[Na+]. The number of allylic oxidation sites excluding steroid dienone is 1. The van der Waals surface area contributed by atoms with Gasteiger partial charge >= 0.3 is 29.6 Å². The topological polar surface area (TPSA) is 172 Å². The van der Waals surface area contributed by atoms with Gasteiger partial charge in [-0.15, -0.1) is 10.2 Å². The molecule has 34 heavy (non-hydrogen) atoms. The van der Waals surface area contributed by atoms with E-state index in [0.29, 0.717) is 11.1 Å². The minimum absolute atomic E-state index is 0. The number of benzene rings is 3. The third-order valence-corrected chi connectivity index (χ3v) is 4.89. The molecule has 3 aromatic rings. The summed E-state index contributed by atoms with van der Waals surface area (Å²) < 4.78 is 35.5. The van der Waals surface area contributed by atoms with E-state index in [1.165, 1.54) is 19.1 Å². The second-order valence-corrected chi connectivity index (χ2v) is 7.36. The molecule has 12 heteroatoms. The second kappa shape index (κ2) is 15.3. The van der Waals surface area contributed by atoms with Crippen molar-refractivity contribution in [3.05, 3.63) is 78.2 Å². The van der Waals surface area contributed by atoms with Crippen molar-refractivity contribution in [2.24, 2.45) is 10.2 Å². The van der Waals surface area contributed by atoms with E-state index in [1.54, 1.807) is 54.6 Å². The van der Waals surface area contributed by atoms with Gasteiger partial charge in [-0.3, -0.25) is 4.79 Å². The zero-order chi connectivity index (χ0) is 25.0. The smallest absolute Gasteiger partial charge is 0.744 e. The number of carbonyl (C=O) groups is 1. The zero-order valence-corrected chi connectivity index (χ0v) is 21.9. The van der Waals surface area contributed by atoms with Crippen LogP contribution < -0.4 is 34.9 Å². The molecule has 0 aromatic heterocycles. The van der Waals surface area contributed by atoms with Crippen LogP contribution in [0.15, 0.2) is 93.3 Å². The summed E-state index contributed by atoms with van der Waals surface area (Å²) in [6.45, 7) is 1.24. The molecule has 0 unspecified atom stereocenters. The van der Waals surface area contributed by atoms with Gasteiger partial charge in [0, 0.05) is 25.3 Å². The zero-order valence-electron chi connectivity index (χ0n) is 19.1. The molecule has 0 fully saturated rings. The van der Waals surface area contributed by atoms with Crippen LogP contribution in [0.1, 0.15) is 6.92 Å². The number of rotatable bonds is 5. The number of fused-ring (bicyclic) bond motifs is 1. The van der Waals surface area contributed by atoms with Gasteiger partial charge in [0.05, 0.1) is 4.90 Å². The predicted octanol–water partition coefficient (Wildman–Crippen LogP) is 0.477. The van der Waals surface area contributed by atoms with Gasteiger partial charge in [-0.05, 0) is 30.5 Å². The minimum Gasteiger partial charge on any atom is -0.744 e. The Morgan fingerprint density at radius 2 is 1.47 bits per heavy atom. The molecule has 3 aromatic carbocycles. The normalized spacial score (nSPS) is 11.2. The van der Waals surface area contributed by atoms with E-state index in [4.69, 9.17) is 10.2 Å². The maximum atomic E-state index is 12.4. The third-order valence-electron chi connectivity index (χ3n) is 3.96. The van der Waals surface area contributed by atoms with Gasteiger partial charge in [0.1, 0.15) is 21.6 Å². The van der Waals surface area contributed by atoms with Crippen LogP contribution in [0.2, 0.25) is 0 Å². The van der Waals surface area contributed by atoms with Gasteiger partial charge < -0.3 is 25.2 Å². The first kappa shape index (κ1) is 31.4. The summed E-state index contributed by atoms with van der Waals surface area (Å²) in [4.78, 5) is 11.9. The Balaban J connectivity index is 0.00000207. The number of amides is 1. The van der Waals surface area contributed by atoms with Crippen LogP contribution in [0.25, 0.3) is 10.8 Å². The number of hydrogen-bond donors (Lipinski definition) is 4. The van der Waals surface area contributed by atoms with E-state index in [-0.39, 0.29) is 40.6 Å². The molecular formula is C22H24N3NaO7S. The predicted molar refractivity (Wildman–Crippen MR) is 123 cm³/mol. The number of aliphatic hydroxyl groups excluding tert-OH is 3. The number of nitrogens with zero attached hydrogens (tertiary/aromatic N) is 2. The number of aliphatic hydroxyl groups is 3. The molecule has 0 spiro atoms. The molecule has 0 aliphatic heterocycles. The van der Waals surface area contributed by atoms with E-state index < -0.39 is 32.4 Å². The molecule has 0 atom stereocenters. The van der Waals surface area contributed by atoms with E-state index in [9.17, 15) is 22.9 Å². The molecule has 4 N–H and O–H groups in total. The summed E-state index contributed by atoms with van der Waals surface area (Å²) >= 11 is 0. The average molecular weight is 498 g/mol. The fourth-order valence-electron chi connectivity index (χ4n) is 2.67. The first-order valence-electron chi connectivity index (χ1n) is 9.32. The molecule has 0 aliphatic rings. The first-order chi connectivity index (χ1) is 15.8. The van der Waals surface area contributed by atoms with E-state index >= 15 is 0 Å². The Hall–Kier alpha value is -2.64. The standard InChI is InChI=1S/C20H17N3O5S.2CH4O.Na/c1-13(24)18(20(25)21-15-8-3-2-4-9-15)23-22-17-12-11-14-7-5-6-10-16(14)19(17)29(26,27)28;2*1-2;/h2-12,24H,1H3,(H,21,25)(H,26,27,28);2*2H,1H3;/q;;;+1/p-1/b18-13+,23-22?;;;. The Morgan fingerprint density at radius 1 is 0.912 bits per heavy atom. The van der Waals surface area contributed by atoms with Crippen molar-refractivity contribution >= 4 is 38.2 Å². The molecule has 0 aliphatic carbocycles. The third kappa shape index (κ3) is 8.61. The average Bonchev–Trinajstić information content (AvgIpc) is 2.81.